The van der Waals surface area contributed by atoms with Crippen LogP contribution in [0.2, 0.25) is 0 Å². The quantitative estimate of drug-likeness (QED) is 0.769. The third-order valence-electron chi connectivity index (χ3n) is 3.07. The van der Waals surface area contributed by atoms with Gasteiger partial charge in [0.1, 0.15) is 0 Å². The van der Waals surface area contributed by atoms with Gasteiger partial charge in [0.25, 0.3) is 0 Å². The van der Waals surface area contributed by atoms with Gasteiger partial charge >= 0.3 is 5.97 Å². The van der Waals surface area contributed by atoms with Gasteiger partial charge in [-0.2, -0.15) is 0 Å². The first-order valence-electron chi connectivity index (χ1n) is 6.06. The zero-order valence-electron chi connectivity index (χ0n) is 10.8. The van der Waals surface area contributed by atoms with Crippen LogP contribution in [0.3, 0.4) is 0 Å². The molecule has 1 aliphatic heterocycles. The zero-order chi connectivity index (χ0) is 13.1. The van der Waals surface area contributed by atoms with Gasteiger partial charge in [0.2, 0.25) is 5.91 Å². The number of hydrogen-bond acceptors (Lipinski definition) is 3. The number of carboxylic acids is 1. The molecule has 0 spiro atoms. The summed E-state index contributed by atoms with van der Waals surface area (Å²) in [7, 11) is 0. The third kappa shape index (κ3) is 4.34. The normalized spacial score (nSPS) is 22.1. The van der Waals surface area contributed by atoms with Crippen LogP contribution < -0.4 is 5.32 Å². The van der Waals surface area contributed by atoms with Crippen LogP contribution in [0.25, 0.3) is 0 Å². The fourth-order valence-electron chi connectivity index (χ4n) is 2.28. The van der Waals surface area contributed by atoms with Crippen LogP contribution in [0.5, 0.6) is 0 Å². The molecule has 1 fully saturated rings. The summed E-state index contributed by atoms with van der Waals surface area (Å²) in [6, 6.07) is 0.0219. The highest BCUT2D eigenvalue weighted by Gasteiger charge is 2.32. The molecule has 0 aromatic rings. The van der Waals surface area contributed by atoms with Crippen LogP contribution >= 0.6 is 0 Å². The molecule has 0 aliphatic carbocycles. The Kier molecular flexibility index (Phi) is 4.51. The molecule has 1 atom stereocenters. The minimum Gasteiger partial charge on any atom is -0.480 e. The molecule has 0 saturated carbocycles. The SMILES string of the molecule is CC(C)(C)N(CC(=O)O)C1CCCNC(=O)C1. The van der Waals surface area contributed by atoms with Gasteiger partial charge in [0, 0.05) is 24.5 Å². The second kappa shape index (κ2) is 5.49. The second-order valence-electron chi connectivity index (χ2n) is 5.54. The fraction of sp³-hybridized carbons (Fsp3) is 0.833. The van der Waals surface area contributed by atoms with Crippen molar-refractivity contribution in [3.63, 3.8) is 0 Å². The Hall–Kier alpha value is -1.10. The molecule has 1 unspecified atom stereocenters. The lowest BCUT2D eigenvalue weighted by Crippen LogP contribution is -2.51. The maximum Gasteiger partial charge on any atom is 0.317 e. The minimum atomic E-state index is -0.843. The molecule has 0 bridgehead atoms. The highest BCUT2D eigenvalue weighted by molar-refractivity contribution is 5.77. The van der Waals surface area contributed by atoms with E-state index < -0.39 is 5.97 Å². The molecule has 0 aromatic heterocycles. The summed E-state index contributed by atoms with van der Waals surface area (Å²) in [4.78, 5) is 24.4. The van der Waals surface area contributed by atoms with Crippen molar-refractivity contribution in [2.75, 3.05) is 13.1 Å². The molecular formula is C12H22N2O3. The number of amides is 1. The van der Waals surface area contributed by atoms with E-state index in [9.17, 15) is 9.59 Å². The van der Waals surface area contributed by atoms with Crippen molar-refractivity contribution in [2.24, 2.45) is 0 Å². The van der Waals surface area contributed by atoms with E-state index in [1.54, 1.807) is 0 Å². The van der Waals surface area contributed by atoms with Crippen LogP contribution in [0.4, 0.5) is 0 Å². The summed E-state index contributed by atoms with van der Waals surface area (Å²) >= 11 is 0. The molecule has 98 valence electrons. The van der Waals surface area contributed by atoms with E-state index in [1.165, 1.54) is 0 Å². The van der Waals surface area contributed by atoms with Gasteiger partial charge in [-0.3, -0.25) is 14.5 Å². The van der Waals surface area contributed by atoms with Gasteiger partial charge in [0.05, 0.1) is 6.54 Å². The zero-order valence-corrected chi connectivity index (χ0v) is 10.8. The highest BCUT2D eigenvalue weighted by Crippen LogP contribution is 2.23. The highest BCUT2D eigenvalue weighted by atomic mass is 16.4. The monoisotopic (exact) mass is 242 g/mol. The lowest BCUT2D eigenvalue weighted by molar-refractivity contribution is -0.141. The number of nitrogens with one attached hydrogen (secondary N) is 1. The van der Waals surface area contributed by atoms with Crippen LogP contribution in [-0.2, 0) is 9.59 Å². The first-order chi connectivity index (χ1) is 7.80. The molecule has 1 aliphatic rings. The number of carboxylic acid groups (broad SMARTS) is 1. The third-order valence-corrected chi connectivity index (χ3v) is 3.07. The summed E-state index contributed by atoms with van der Waals surface area (Å²) in [6.45, 7) is 6.64. The first-order valence-corrected chi connectivity index (χ1v) is 6.06. The Morgan fingerprint density at radius 1 is 1.53 bits per heavy atom. The summed E-state index contributed by atoms with van der Waals surface area (Å²) in [5.41, 5.74) is -0.242. The molecule has 5 nitrogen and oxygen atoms in total. The number of aliphatic carboxylic acids is 1. The Balaban J connectivity index is 2.80. The molecular weight excluding hydrogens is 220 g/mol. The predicted octanol–water partition coefficient (Wildman–Crippen LogP) is 0.840. The lowest BCUT2D eigenvalue weighted by atomic mass is 9.98. The number of nitrogens with zero attached hydrogens (tertiary/aromatic N) is 1. The molecule has 5 heteroatoms. The van der Waals surface area contributed by atoms with Gasteiger partial charge in [-0.1, -0.05) is 0 Å². The van der Waals surface area contributed by atoms with Gasteiger partial charge in [0.15, 0.2) is 0 Å². The molecule has 1 saturated heterocycles. The predicted molar refractivity (Wildman–Crippen MR) is 64.7 cm³/mol. The first kappa shape index (κ1) is 14.0. The van der Waals surface area contributed by atoms with Crippen molar-refractivity contribution in [1.82, 2.24) is 10.2 Å². The standard InChI is InChI=1S/C12H22N2O3/c1-12(2,3)14(8-11(16)17)9-5-4-6-13-10(15)7-9/h9H,4-8H2,1-3H3,(H,13,15)(H,16,17). The number of carbonyl (C=O) groups excluding carboxylic acids is 1. The average molecular weight is 242 g/mol. The van der Waals surface area contributed by atoms with E-state index in [2.05, 4.69) is 5.32 Å². The molecule has 0 radical (unpaired) electrons. The van der Waals surface area contributed by atoms with Gasteiger partial charge in [-0.05, 0) is 33.6 Å². The molecule has 0 aromatic carbocycles. The second-order valence-corrected chi connectivity index (χ2v) is 5.54. The lowest BCUT2D eigenvalue weighted by Gasteiger charge is -2.40. The van der Waals surface area contributed by atoms with E-state index in [-0.39, 0.29) is 24.0 Å². The van der Waals surface area contributed by atoms with E-state index >= 15 is 0 Å². The Morgan fingerprint density at radius 3 is 2.71 bits per heavy atom. The van der Waals surface area contributed by atoms with Crippen molar-refractivity contribution < 1.29 is 14.7 Å². The van der Waals surface area contributed by atoms with E-state index in [4.69, 9.17) is 5.11 Å². The Morgan fingerprint density at radius 2 is 2.18 bits per heavy atom. The van der Waals surface area contributed by atoms with E-state index in [0.717, 1.165) is 12.8 Å². The van der Waals surface area contributed by atoms with Crippen molar-refractivity contribution in [3.05, 3.63) is 0 Å². The van der Waals surface area contributed by atoms with Crippen LogP contribution in [0.15, 0.2) is 0 Å². The van der Waals surface area contributed by atoms with Crippen LogP contribution in [0, 0.1) is 0 Å². The fourth-order valence-corrected chi connectivity index (χ4v) is 2.28. The summed E-state index contributed by atoms with van der Waals surface area (Å²) in [5, 5.41) is 11.8. The summed E-state index contributed by atoms with van der Waals surface area (Å²) in [6.07, 6.45) is 2.16. The molecule has 1 heterocycles. The van der Waals surface area contributed by atoms with Crippen molar-refractivity contribution in [2.45, 2.75) is 51.6 Å². The smallest absolute Gasteiger partial charge is 0.317 e. The maximum atomic E-state index is 11.5. The van der Waals surface area contributed by atoms with Crippen LogP contribution in [-0.4, -0.2) is 46.6 Å². The van der Waals surface area contributed by atoms with Gasteiger partial charge in [-0.25, -0.2) is 0 Å². The molecule has 17 heavy (non-hydrogen) atoms. The Labute approximate surface area is 102 Å². The molecule has 2 N–H and O–H groups in total. The van der Waals surface area contributed by atoms with Crippen molar-refractivity contribution in [1.29, 1.82) is 0 Å². The van der Waals surface area contributed by atoms with E-state index in [1.807, 2.05) is 25.7 Å². The molecule has 1 amide bonds. The Bertz CT molecular complexity index is 297. The van der Waals surface area contributed by atoms with E-state index in [0.29, 0.717) is 13.0 Å². The van der Waals surface area contributed by atoms with Crippen LogP contribution in [0.1, 0.15) is 40.0 Å². The van der Waals surface area contributed by atoms with Crippen molar-refractivity contribution in [3.8, 4) is 0 Å². The molecule has 1 rings (SSSR count). The topological polar surface area (TPSA) is 69.6 Å². The van der Waals surface area contributed by atoms with Gasteiger partial charge < -0.3 is 10.4 Å². The van der Waals surface area contributed by atoms with Gasteiger partial charge in [-0.15, -0.1) is 0 Å². The number of carbonyl (C=O) groups is 2. The maximum absolute atomic E-state index is 11.5. The minimum absolute atomic E-state index is 0.0125. The largest absolute Gasteiger partial charge is 0.480 e. The average Bonchev–Trinajstić information content (AvgIpc) is 2.37. The van der Waals surface area contributed by atoms with Crippen molar-refractivity contribution >= 4 is 11.9 Å². The summed E-state index contributed by atoms with van der Waals surface area (Å²) < 4.78 is 0. The number of rotatable bonds is 3. The summed E-state index contributed by atoms with van der Waals surface area (Å²) in [5.74, 6) is -0.822. The number of hydrogen-bond donors (Lipinski definition) is 2.